The molecule has 1 saturated heterocycles. The van der Waals surface area contributed by atoms with Crippen LogP contribution < -0.4 is 0 Å². The van der Waals surface area contributed by atoms with Crippen LogP contribution in [0.2, 0.25) is 0 Å². The third-order valence-electron chi connectivity index (χ3n) is 3.07. The van der Waals surface area contributed by atoms with Gasteiger partial charge in [0.15, 0.2) is 0 Å². The minimum absolute atomic E-state index is 0.121. The average Bonchev–Trinajstić information content (AvgIpc) is 2.72. The summed E-state index contributed by atoms with van der Waals surface area (Å²) in [4.78, 5) is 0.518. The van der Waals surface area contributed by atoms with Crippen molar-refractivity contribution in [3.05, 3.63) is 29.8 Å². The molecule has 3 nitrogen and oxygen atoms in total. The van der Waals surface area contributed by atoms with Gasteiger partial charge in [-0.3, -0.25) is 0 Å². The van der Waals surface area contributed by atoms with Crippen molar-refractivity contribution < 1.29 is 8.42 Å². The van der Waals surface area contributed by atoms with Crippen LogP contribution in [0.4, 0.5) is 0 Å². The van der Waals surface area contributed by atoms with Gasteiger partial charge in [0, 0.05) is 6.54 Å². The summed E-state index contributed by atoms with van der Waals surface area (Å²) in [6.45, 7) is 0.682. The first-order valence-corrected chi connectivity index (χ1v) is 6.26. The Balaban J connectivity index is 2.30. The van der Waals surface area contributed by atoms with Crippen molar-refractivity contribution in [3.8, 4) is 0 Å². The third-order valence-corrected chi connectivity index (χ3v) is 5.05. The number of hydrogen-bond acceptors (Lipinski definition) is 2. The second-order valence-corrected chi connectivity index (χ2v) is 5.67. The molecule has 0 aliphatic carbocycles. The predicted octanol–water partition coefficient (Wildman–Crippen LogP) is 1.53. The second-order valence-electron chi connectivity index (χ2n) is 3.81. The van der Waals surface area contributed by atoms with Crippen LogP contribution in [0.15, 0.2) is 29.2 Å². The van der Waals surface area contributed by atoms with Gasteiger partial charge in [0.05, 0.1) is 10.9 Å². The zero-order valence-corrected chi connectivity index (χ0v) is 8.50. The lowest BCUT2D eigenvalue weighted by molar-refractivity contribution is 0.418. The minimum atomic E-state index is -3.15. The summed E-state index contributed by atoms with van der Waals surface area (Å²) in [5.41, 5.74) is 0.991. The van der Waals surface area contributed by atoms with Crippen LogP contribution in [0.5, 0.6) is 0 Å². The molecule has 0 spiro atoms. The van der Waals surface area contributed by atoms with E-state index in [-0.39, 0.29) is 6.04 Å². The van der Waals surface area contributed by atoms with E-state index in [9.17, 15) is 8.42 Å². The molecule has 1 atom stereocenters. The fourth-order valence-corrected chi connectivity index (χ4v) is 4.38. The molecule has 0 amide bonds. The quantitative estimate of drug-likeness (QED) is 0.649. The van der Waals surface area contributed by atoms with E-state index >= 15 is 0 Å². The molecule has 0 saturated carbocycles. The summed E-state index contributed by atoms with van der Waals surface area (Å²) in [7, 11) is -3.15. The van der Waals surface area contributed by atoms with Crippen molar-refractivity contribution in [3.63, 3.8) is 0 Å². The normalized spacial score (nSPS) is 28.7. The van der Waals surface area contributed by atoms with E-state index in [0.717, 1.165) is 18.4 Å². The molecule has 0 aromatic heterocycles. The van der Waals surface area contributed by atoms with E-state index in [4.69, 9.17) is 0 Å². The lowest BCUT2D eigenvalue weighted by atomic mass is 10.1. The molecule has 4 heteroatoms. The monoisotopic (exact) mass is 209 g/mol. The molecule has 2 aliphatic heterocycles. The molecule has 0 N–H and O–H groups in total. The SMILES string of the molecule is O=S1(=O)c2ccccc2C2CCCN21. The zero-order valence-electron chi connectivity index (χ0n) is 7.68. The lowest BCUT2D eigenvalue weighted by Crippen LogP contribution is -2.23. The summed E-state index contributed by atoms with van der Waals surface area (Å²) in [5, 5.41) is 0. The maximum atomic E-state index is 12.0. The minimum Gasteiger partial charge on any atom is -0.207 e. The molecule has 1 aromatic rings. The van der Waals surface area contributed by atoms with Crippen molar-refractivity contribution in [1.29, 1.82) is 0 Å². The van der Waals surface area contributed by atoms with Gasteiger partial charge in [0.2, 0.25) is 10.0 Å². The molecule has 1 aromatic carbocycles. The number of hydrogen-bond donors (Lipinski definition) is 0. The molecule has 2 heterocycles. The first-order chi connectivity index (χ1) is 6.71. The summed E-state index contributed by atoms with van der Waals surface area (Å²) in [6, 6.07) is 7.47. The summed E-state index contributed by atoms with van der Waals surface area (Å²) in [5.74, 6) is 0. The fourth-order valence-electron chi connectivity index (χ4n) is 2.46. The Morgan fingerprint density at radius 1 is 1.29 bits per heavy atom. The van der Waals surface area contributed by atoms with Crippen LogP contribution >= 0.6 is 0 Å². The lowest BCUT2D eigenvalue weighted by Gasteiger charge is -2.12. The highest BCUT2D eigenvalue weighted by molar-refractivity contribution is 7.89. The summed E-state index contributed by atoms with van der Waals surface area (Å²) >= 11 is 0. The van der Waals surface area contributed by atoms with Crippen molar-refractivity contribution in [1.82, 2.24) is 4.31 Å². The number of rotatable bonds is 0. The Morgan fingerprint density at radius 3 is 2.93 bits per heavy atom. The second kappa shape index (κ2) is 2.58. The van der Waals surface area contributed by atoms with Crippen LogP contribution in [0.3, 0.4) is 0 Å². The largest absolute Gasteiger partial charge is 0.243 e. The van der Waals surface area contributed by atoms with Crippen molar-refractivity contribution in [2.45, 2.75) is 23.8 Å². The molecule has 3 rings (SSSR count). The summed E-state index contributed by atoms with van der Waals surface area (Å²) in [6.07, 6.45) is 1.95. The van der Waals surface area contributed by atoms with Crippen molar-refractivity contribution >= 4 is 10.0 Å². The van der Waals surface area contributed by atoms with Crippen molar-refractivity contribution in [2.24, 2.45) is 0 Å². The Bertz CT molecular complexity index is 481. The number of benzene rings is 1. The zero-order chi connectivity index (χ0) is 9.76. The number of fused-ring (bicyclic) bond motifs is 3. The average molecular weight is 209 g/mol. The van der Waals surface area contributed by atoms with E-state index in [2.05, 4.69) is 0 Å². The summed E-state index contributed by atoms with van der Waals surface area (Å²) < 4.78 is 25.6. The Kier molecular flexibility index (Phi) is 1.56. The smallest absolute Gasteiger partial charge is 0.207 e. The Labute approximate surface area is 83.4 Å². The van der Waals surface area contributed by atoms with Gasteiger partial charge in [-0.25, -0.2) is 8.42 Å². The van der Waals surface area contributed by atoms with Crippen LogP contribution in [-0.2, 0) is 10.0 Å². The highest BCUT2D eigenvalue weighted by atomic mass is 32.2. The van der Waals surface area contributed by atoms with Gasteiger partial charge in [0.1, 0.15) is 0 Å². The first-order valence-electron chi connectivity index (χ1n) is 4.82. The number of nitrogens with zero attached hydrogens (tertiary/aromatic N) is 1. The van der Waals surface area contributed by atoms with Crippen LogP contribution in [0.1, 0.15) is 24.4 Å². The molecular formula is C10H11NO2S. The highest BCUT2D eigenvalue weighted by Crippen LogP contribution is 2.45. The van der Waals surface area contributed by atoms with Crippen molar-refractivity contribution in [2.75, 3.05) is 6.54 Å². The van der Waals surface area contributed by atoms with E-state index in [1.54, 1.807) is 16.4 Å². The Morgan fingerprint density at radius 2 is 2.07 bits per heavy atom. The molecular weight excluding hydrogens is 198 g/mol. The van der Waals surface area contributed by atoms with E-state index < -0.39 is 10.0 Å². The molecule has 74 valence electrons. The fraction of sp³-hybridized carbons (Fsp3) is 0.400. The molecule has 2 aliphatic rings. The van der Waals surface area contributed by atoms with E-state index in [1.165, 1.54) is 0 Å². The van der Waals surface area contributed by atoms with Gasteiger partial charge in [-0.1, -0.05) is 18.2 Å². The standard InChI is InChI=1S/C10H11NO2S/c12-14(13)10-6-2-1-4-8(10)9-5-3-7-11(9)14/h1-2,4,6,9H,3,5,7H2. The van der Waals surface area contributed by atoms with E-state index in [1.807, 2.05) is 12.1 Å². The maximum absolute atomic E-state index is 12.0. The molecule has 1 unspecified atom stereocenters. The van der Waals surface area contributed by atoms with Crippen LogP contribution in [0.25, 0.3) is 0 Å². The number of sulfonamides is 1. The van der Waals surface area contributed by atoms with Gasteiger partial charge < -0.3 is 0 Å². The first kappa shape index (κ1) is 8.44. The van der Waals surface area contributed by atoms with Gasteiger partial charge >= 0.3 is 0 Å². The maximum Gasteiger partial charge on any atom is 0.243 e. The molecule has 14 heavy (non-hydrogen) atoms. The van der Waals surface area contributed by atoms with Crippen LogP contribution in [0, 0.1) is 0 Å². The van der Waals surface area contributed by atoms with Gasteiger partial charge in [-0.2, -0.15) is 4.31 Å². The van der Waals surface area contributed by atoms with Crippen LogP contribution in [-0.4, -0.2) is 19.3 Å². The predicted molar refractivity (Wildman–Crippen MR) is 52.3 cm³/mol. The molecule has 0 bridgehead atoms. The topological polar surface area (TPSA) is 37.4 Å². The van der Waals surface area contributed by atoms with Gasteiger partial charge in [-0.05, 0) is 24.5 Å². The molecule has 0 radical (unpaired) electrons. The molecule has 1 fully saturated rings. The van der Waals surface area contributed by atoms with Gasteiger partial charge in [-0.15, -0.1) is 0 Å². The van der Waals surface area contributed by atoms with E-state index in [0.29, 0.717) is 11.4 Å². The van der Waals surface area contributed by atoms with Gasteiger partial charge in [0.25, 0.3) is 0 Å². The third kappa shape index (κ3) is 0.875. The Hall–Kier alpha value is -0.870. The highest BCUT2D eigenvalue weighted by Gasteiger charge is 2.44.